The summed E-state index contributed by atoms with van der Waals surface area (Å²) in [5, 5.41) is -0.356. The quantitative estimate of drug-likeness (QED) is 0.544. The predicted octanol–water partition coefficient (Wildman–Crippen LogP) is 1.97. The number of nitrogens with zero attached hydrogens (tertiary/aromatic N) is 2. The molecule has 0 aromatic rings. The van der Waals surface area contributed by atoms with Gasteiger partial charge in [-0.15, -0.1) is 0 Å². The smallest absolute Gasteiger partial charge is 0.358 e. The second-order valence-electron chi connectivity index (χ2n) is 2.33. The Balaban J connectivity index is 3.02. The van der Waals surface area contributed by atoms with E-state index < -0.39 is 11.9 Å². The van der Waals surface area contributed by atoms with E-state index in [1.807, 2.05) is 0 Å². The predicted molar refractivity (Wildman–Crippen MR) is 40.1 cm³/mol. The normalized spacial score (nSPS) is 18.9. The van der Waals surface area contributed by atoms with E-state index in [1.54, 1.807) is 0 Å². The molecule has 0 saturated heterocycles. The zero-order valence-corrected chi connectivity index (χ0v) is 6.95. The highest BCUT2D eigenvalue weighted by atomic mass is 35.5. The van der Waals surface area contributed by atoms with Gasteiger partial charge in [-0.2, -0.15) is 13.2 Å². The van der Waals surface area contributed by atoms with Gasteiger partial charge >= 0.3 is 6.18 Å². The van der Waals surface area contributed by atoms with Crippen molar-refractivity contribution >= 4 is 17.8 Å². The Labute approximate surface area is 72.3 Å². The molecule has 0 aliphatic carbocycles. The average molecular weight is 199 g/mol. The maximum Gasteiger partial charge on any atom is 0.436 e. The Morgan fingerprint density at radius 2 is 2.17 bits per heavy atom. The summed E-state index contributed by atoms with van der Waals surface area (Å²) in [6.07, 6.45) is -3.29. The van der Waals surface area contributed by atoms with Gasteiger partial charge in [-0.3, -0.25) is 4.99 Å². The summed E-state index contributed by atoms with van der Waals surface area (Å²) in [5.41, 5.74) is -1.03. The van der Waals surface area contributed by atoms with Crippen LogP contribution in [0.15, 0.2) is 15.8 Å². The van der Waals surface area contributed by atoms with Gasteiger partial charge in [0.1, 0.15) is 5.16 Å². The second kappa shape index (κ2) is 2.97. The second-order valence-corrected chi connectivity index (χ2v) is 2.69. The van der Waals surface area contributed by atoms with Crippen molar-refractivity contribution in [2.75, 3.05) is 13.6 Å². The van der Waals surface area contributed by atoms with Crippen LogP contribution in [0.3, 0.4) is 0 Å². The Morgan fingerprint density at radius 1 is 1.58 bits per heavy atom. The number of rotatable bonds is 0. The van der Waals surface area contributed by atoms with Crippen molar-refractivity contribution < 1.29 is 13.2 Å². The first-order valence-corrected chi connectivity index (χ1v) is 3.51. The Hall–Kier alpha value is -0.710. The molecule has 0 aromatic carbocycles. The SMILES string of the molecule is CN1CC=NC(C(F)(F)F)=C1Cl. The first-order chi connectivity index (χ1) is 5.43. The van der Waals surface area contributed by atoms with Gasteiger partial charge < -0.3 is 4.90 Å². The Morgan fingerprint density at radius 3 is 2.58 bits per heavy atom. The van der Waals surface area contributed by atoms with Crippen LogP contribution in [0, 0.1) is 0 Å². The number of allylic oxidation sites excluding steroid dienone is 1. The molecule has 68 valence electrons. The molecule has 0 N–H and O–H groups in total. The third-order valence-corrected chi connectivity index (χ3v) is 1.84. The molecule has 0 bridgehead atoms. The largest absolute Gasteiger partial charge is 0.436 e. The highest BCUT2D eigenvalue weighted by Gasteiger charge is 2.38. The zero-order valence-electron chi connectivity index (χ0n) is 6.19. The molecule has 1 aliphatic heterocycles. The molecule has 0 saturated carbocycles. The van der Waals surface area contributed by atoms with Crippen molar-refractivity contribution in [2.24, 2.45) is 4.99 Å². The zero-order chi connectivity index (χ0) is 9.35. The summed E-state index contributed by atoms with van der Waals surface area (Å²) in [5.74, 6) is 0. The van der Waals surface area contributed by atoms with Crippen molar-refractivity contribution in [3.05, 3.63) is 10.9 Å². The van der Waals surface area contributed by atoms with Crippen LogP contribution >= 0.6 is 11.6 Å². The summed E-state index contributed by atoms with van der Waals surface area (Å²) in [7, 11) is 1.47. The van der Waals surface area contributed by atoms with Crippen molar-refractivity contribution in [3.63, 3.8) is 0 Å². The van der Waals surface area contributed by atoms with E-state index >= 15 is 0 Å². The van der Waals surface area contributed by atoms with E-state index in [-0.39, 0.29) is 5.16 Å². The van der Waals surface area contributed by atoms with Gasteiger partial charge in [0.05, 0.1) is 6.54 Å². The fraction of sp³-hybridized carbons (Fsp3) is 0.500. The maximum absolute atomic E-state index is 12.1. The number of hydrogen-bond acceptors (Lipinski definition) is 2. The lowest BCUT2D eigenvalue weighted by Crippen LogP contribution is -2.26. The first kappa shape index (κ1) is 9.38. The molecule has 0 spiro atoms. The molecule has 6 heteroatoms. The molecule has 2 nitrogen and oxygen atoms in total. The van der Waals surface area contributed by atoms with Gasteiger partial charge in [0.15, 0.2) is 5.70 Å². The number of aliphatic imine (C=N–C) groups is 1. The summed E-state index contributed by atoms with van der Waals surface area (Å²) in [6, 6.07) is 0. The van der Waals surface area contributed by atoms with Crippen LogP contribution in [0.25, 0.3) is 0 Å². The molecule has 0 radical (unpaired) electrons. The molecule has 0 aromatic heterocycles. The van der Waals surface area contributed by atoms with E-state index in [9.17, 15) is 13.2 Å². The average Bonchev–Trinajstić information content (AvgIpc) is 1.92. The van der Waals surface area contributed by atoms with E-state index in [4.69, 9.17) is 11.6 Å². The van der Waals surface area contributed by atoms with Crippen LogP contribution in [0.4, 0.5) is 13.2 Å². The fourth-order valence-corrected chi connectivity index (χ4v) is 0.984. The van der Waals surface area contributed by atoms with Crippen LogP contribution in [0.5, 0.6) is 0 Å². The number of hydrogen-bond donors (Lipinski definition) is 0. The van der Waals surface area contributed by atoms with Crippen LogP contribution in [-0.4, -0.2) is 30.9 Å². The van der Waals surface area contributed by atoms with Crippen molar-refractivity contribution in [2.45, 2.75) is 6.18 Å². The van der Waals surface area contributed by atoms with E-state index in [0.29, 0.717) is 6.54 Å². The topological polar surface area (TPSA) is 15.6 Å². The standard InChI is InChI=1S/C6H6ClF3N2/c1-12-3-2-11-4(5(12)7)6(8,9)10/h2H,3H2,1H3. The molecular formula is C6H6ClF3N2. The fourth-order valence-electron chi connectivity index (χ4n) is 0.759. The highest BCUT2D eigenvalue weighted by molar-refractivity contribution is 6.29. The third-order valence-electron chi connectivity index (χ3n) is 1.37. The minimum atomic E-state index is -4.47. The van der Waals surface area contributed by atoms with Gasteiger partial charge in [0.2, 0.25) is 0 Å². The lowest BCUT2D eigenvalue weighted by molar-refractivity contribution is -0.0939. The molecule has 12 heavy (non-hydrogen) atoms. The van der Waals surface area contributed by atoms with E-state index in [0.717, 1.165) is 0 Å². The molecule has 0 fully saturated rings. The van der Waals surface area contributed by atoms with E-state index in [2.05, 4.69) is 4.99 Å². The Bertz CT molecular complexity index is 244. The van der Waals surface area contributed by atoms with Crippen molar-refractivity contribution in [1.82, 2.24) is 4.90 Å². The van der Waals surface area contributed by atoms with Gasteiger partial charge in [0.25, 0.3) is 0 Å². The third kappa shape index (κ3) is 1.72. The van der Waals surface area contributed by atoms with Crippen LogP contribution in [-0.2, 0) is 0 Å². The molecule has 0 unspecified atom stereocenters. The van der Waals surface area contributed by atoms with Crippen molar-refractivity contribution in [3.8, 4) is 0 Å². The minimum Gasteiger partial charge on any atom is -0.358 e. The number of alkyl halides is 3. The van der Waals surface area contributed by atoms with Crippen molar-refractivity contribution in [1.29, 1.82) is 0 Å². The van der Waals surface area contributed by atoms with Gasteiger partial charge in [-0.05, 0) is 0 Å². The summed E-state index contributed by atoms with van der Waals surface area (Å²) in [6.45, 7) is 0.304. The van der Waals surface area contributed by atoms with Crippen LogP contribution in [0.1, 0.15) is 0 Å². The van der Waals surface area contributed by atoms with Crippen LogP contribution in [0.2, 0.25) is 0 Å². The lowest BCUT2D eigenvalue weighted by atomic mass is 10.4. The van der Waals surface area contributed by atoms with Gasteiger partial charge in [-0.25, -0.2) is 0 Å². The number of halogens is 4. The summed E-state index contributed by atoms with van der Waals surface area (Å²) < 4.78 is 36.2. The lowest BCUT2D eigenvalue weighted by Gasteiger charge is -2.22. The molecule has 1 heterocycles. The van der Waals surface area contributed by atoms with Gasteiger partial charge in [0, 0.05) is 13.3 Å². The molecule has 0 amide bonds. The van der Waals surface area contributed by atoms with Crippen LogP contribution < -0.4 is 0 Å². The molecule has 1 aliphatic rings. The van der Waals surface area contributed by atoms with E-state index in [1.165, 1.54) is 18.2 Å². The summed E-state index contributed by atoms with van der Waals surface area (Å²) in [4.78, 5) is 4.46. The Kier molecular flexibility index (Phi) is 2.32. The first-order valence-electron chi connectivity index (χ1n) is 3.13. The highest BCUT2D eigenvalue weighted by Crippen LogP contribution is 2.32. The van der Waals surface area contributed by atoms with Gasteiger partial charge in [-0.1, -0.05) is 11.6 Å². The summed E-state index contributed by atoms with van der Waals surface area (Å²) >= 11 is 5.39. The monoisotopic (exact) mass is 198 g/mol. The minimum absolute atomic E-state index is 0.304. The molecule has 0 atom stereocenters. The maximum atomic E-state index is 12.1. The molecule has 1 rings (SSSR count). The molecular weight excluding hydrogens is 193 g/mol.